The molecule has 2 aromatic carbocycles. The zero-order chi connectivity index (χ0) is 21.6. The summed E-state index contributed by atoms with van der Waals surface area (Å²) in [4.78, 5) is 24.3. The molecule has 156 valence electrons. The predicted octanol–water partition coefficient (Wildman–Crippen LogP) is 4.18. The van der Waals surface area contributed by atoms with Crippen LogP contribution in [0.5, 0.6) is 11.5 Å². The second-order valence-corrected chi connectivity index (χ2v) is 8.06. The van der Waals surface area contributed by atoms with Crippen molar-refractivity contribution in [3.63, 3.8) is 0 Å². The lowest BCUT2D eigenvalue weighted by atomic mass is 10.0. The normalized spacial score (nSPS) is 11.7. The summed E-state index contributed by atoms with van der Waals surface area (Å²) in [5, 5.41) is 0. The van der Waals surface area contributed by atoms with E-state index < -0.39 is 17.9 Å². The van der Waals surface area contributed by atoms with Crippen molar-refractivity contribution in [2.75, 3.05) is 6.61 Å². The molecule has 0 heterocycles. The fraction of sp³-hybridized carbons (Fsp3) is 0.364. The number of benzene rings is 2. The standard InChI is InChI=1S/C22H27BrN2O4/c1-13(2)18-8-6-7-9-19(18)28-12-20(26)24-25-22(27)16(5)29-21-14(3)10-17(23)11-15(21)4/h6-11,13,16H,12H2,1-5H3,(H,24,26)(H,25,27). The quantitative estimate of drug-likeness (QED) is 0.604. The second kappa shape index (κ2) is 10.3. The van der Waals surface area contributed by atoms with Crippen LogP contribution >= 0.6 is 15.9 Å². The predicted molar refractivity (Wildman–Crippen MR) is 116 cm³/mol. The van der Waals surface area contributed by atoms with Crippen molar-refractivity contribution in [3.05, 3.63) is 57.6 Å². The third kappa shape index (κ3) is 6.49. The van der Waals surface area contributed by atoms with Crippen LogP contribution in [-0.2, 0) is 9.59 Å². The van der Waals surface area contributed by atoms with Gasteiger partial charge in [-0.25, -0.2) is 0 Å². The summed E-state index contributed by atoms with van der Waals surface area (Å²) in [6.45, 7) is 9.34. The Labute approximate surface area is 180 Å². The van der Waals surface area contributed by atoms with Gasteiger partial charge in [0.05, 0.1) is 0 Å². The highest BCUT2D eigenvalue weighted by Gasteiger charge is 2.18. The first-order chi connectivity index (χ1) is 13.7. The molecular weight excluding hydrogens is 436 g/mol. The molecule has 0 aliphatic carbocycles. The Balaban J connectivity index is 1.85. The molecule has 0 aliphatic heterocycles. The van der Waals surface area contributed by atoms with E-state index in [1.807, 2.05) is 50.2 Å². The summed E-state index contributed by atoms with van der Waals surface area (Å²) in [6, 6.07) is 11.4. The van der Waals surface area contributed by atoms with Crippen LogP contribution in [0.15, 0.2) is 40.9 Å². The molecule has 0 bridgehead atoms. The van der Waals surface area contributed by atoms with Crippen LogP contribution in [0.3, 0.4) is 0 Å². The summed E-state index contributed by atoms with van der Waals surface area (Å²) in [7, 11) is 0. The van der Waals surface area contributed by atoms with Gasteiger partial charge in [0.25, 0.3) is 11.8 Å². The number of hydrogen-bond donors (Lipinski definition) is 2. The van der Waals surface area contributed by atoms with E-state index in [4.69, 9.17) is 9.47 Å². The van der Waals surface area contributed by atoms with E-state index in [0.717, 1.165) is 21.2 Å². The van der Waals surface area contributed by atoms with E-state index in [2.05, 4.69) is 40.6 Å². The summed E-state index contributed by atoms with van der Waals surface area (Å²) >= 11 is 3.43. The number of amides is 2. The van der Waals surface area contributed by atoms with Gasteiger partial charge in [-0.05, 0) is 61.6 Å². The van der Waals surface area contributed by atoms with Gasteiger partial charge in [-0.15, -0.1) is 0 Å². The molecule has 1 unspecified atom stereocenters. The summed E-state index contributed by atoms with van der Waals surface area (Å²) in [5.74, 6) is 0.665. The maximum Gasteiger partial charge on any atom is 0.279 e. The number of hydrazine groups is 1. The number of ether oxygens (including phenoxy) is 2. The number of para-hydroxylation sites is 1. The average molecular weight is 463 g/mol. The molecule has 1 atom stereocenters. The van der Waals surface area contributed by atoms with Crippen LogP contribution in [0.1, 0.15) is 43.4 Å². The SMILES string of the molecule is Cc1cc(Br)cc(C)c1OC(C)C(=O)NNC(=O)COc1ccccc1C(C)C. The van der Waals surface area contributed by atoms with Gasteiger partial charge in [0, 0.05) is 4.47 Å². The van der Waals surface area contributed by atoms with Crippen LogP contribution in [-0.4, -0.2) is 24.5 Å². The lowest BCUT2D eigenvalue weighted by molar-refractivity contribution is -0.133. The van der Waals surface area contributed by atoms with Gasteiger partial charge in [-0.2, -0.15) is 0 Å². The Morgan fingerprint density at radius 1 is 1.03 bits per heavy atom. The van der Waals surface area contributed by atoms with Crippen molar-refractivity contribution in [2.45, 2.75) is 46.6 Å². The molecule has 2 N–H and O–H groups in total. The number of hydrogen-bond acceptors (Lipinski definition) is 4. The van der Waals surface area contributed by atoms with E-state index in [-0.39, 0.29) is 12.5 Å². The summed E-state index contributed by atoms with van der Waals surface area (Å²) in [5.41, 5.74) is 7.58. The van der Waals surface area contributed by atoms with Crippen molar-refractivity contribution in [3.8, 4) is 11.5 Å². The fourth-order valence-corrected chi connectivity index (χ4v) is 3.50. The van der Waals surface area contributed by atoms with Gasteiger partial charge in [0.2, 0.25) is 0 Å². The number of rotatable bonds is 7. The number of halogens is 1. The molecule has 0 spiro atoms. The highest BCUT2D eigenvalue weighted by molar-refractivity contribution is 9.10. The third-order valence-corrected chi connectivity index (χ3v) is 4.77. The first-order valence-corrected chi connectivity index (χ1v) is 10.2. The monoisotopic (exact) mass is 462 g/mol. The molecule has 0 radical (unpaired) electrons. The maximum absolute atomic E-state index is 12.3. The van der Waals surface area contributed by atoms with Gasteiger partial charge in [0.15, 0.2) is 12.7 Å². The van der Waals surface area contributed by atoms with Crippen LogP contribution in [0, 0.1) is 13.8 Å². The van der Waals surface area contributed by atoms with E-state index >= 15 is 0 Å². The fourth-order valence-electron chi connectivity index (χ4n) is 2.81. The van der Waals surface area contributed by atoms with E-state index in [1.54, 1.807) is 6.92 Å². The van der Waals surface area contributed by atoms with Gasteiger partial charge < -0.3 is 9.47 Å². The number of carbonyl (C=O) groups excluding carboxylic acids is 2. The van der Waals surface area contributed by atoms with Gasteiger partial charge in [-0.3, -0.25) is 20.4 Å². The van der Waals surface area contributed by atoms with E-state index in [1.165, 1.54) is 0 Å². The highest BCUT2D eigenvalue weighted by Crippen LogP contribution is 2.28. The molecular formula is C22H27BrN2O4. The topological polar surface area (TPSA) is 76.7 Å². The molecule has 2 aromatic rings. The largest absolute Gasteiger partial charge is 0.483 e. The lowest BCUT2D eigenvalue weighted by Gasteiger charge is -2.19. The molecule has 0 aliphatic rings. The first-order valence-electron chi connectivity index (χ1n) is 9.42. The Hall–Kier alpha value is -2.54. The minimum Gasteiger partial charge on any atom is -0.483 e. The molecule has 29 heavy (non-hydrogen) atoms. The summed E-state index contributed by atoms with van der Waals surface area (Å²) in [6.07, 6.45) is -0.781. The molecule has 0 aromatic heterocycles. The molecule has 6 nitrogen and oxygen atoms in total. The van der Waals surface area contributed by atoms with E-state index in [0.29, 0.717) is 11.5 Å². The maximum atomic E-state index is 12.3. The Bertz CT molecular complexity index is 860. The van der Waals surface area contributed by atoms with Crippen molar-refractivity contribution in [2.24, 2.45) is 0 Å². The van der Waals surface area contributed by atoms with E-state index in [9.17, 15) is 9.59 Å². The molecule has 7 heteroatoms. The van der Waals surface area contributed by atoms with Gasteiger partial charge in [-0.1, -0.05) is 48.0 Å². The number of carbonyl (C=O) groups is 2. The van der Waals surface area contributed by atoms with Crippen LogP contribution in [0.4, 0.5) is 0 Å². The Morgan fingerprint density at radius 3 is 2.28 bits per heavy atom. The van der Waals surface area contributed by atoms with Crippen LogP contribution in [0.25, 0.3) is 0 Å². The summed E-state index contributed by atoms with van der Waals surface area (Å²) < 4.78 is 12.3. The Kier molecular flexibility index (Phi) is 8.08. The number of nitrogens with one attached hydrogen (secondary N) is 2. The van der Waals surface area contributed by atoms with Crippen molar-refractivity contribution in [1.29, 1.82) is 0 Å². The Morgan fingerprint density at radius 2 is 1.66 bits per heavy atom. The minimum absolute atomic E-state index is 0.204. The minimum atomic E-state index is -0.781. The molecule has 2 rings (SSSR count). The van der Waals surface area contributed by atoms with Crippen molar-refractivity contribution >= 4 is 27.7 Å². The smallest absolute Gasteiger partial charge is 0.279 e. The molecule has 0 saturated carbocycles. The second-order valence-electron chi connectivity index (χ2n) is 7.15. The zero-order valence-electron chi connectivity index (χ0n) is 17.3. The van der Waals surface area contributed by atoms with Crippen LogP contribution in [0.2, 0.25) is 0 Å². The van der Waals surface area contributed by atoms with Crippen molar-refractivity contribution < 1.29 is 19.1 Å². The average Bonchev–Trinajstić information content (AvgIpc) is 2.67. The number of aryl methyl sites for hydroxylation is 2. The van der Waals surface area contributed by atoms with Gasteiger partial charge in [0.1, 0.15) is 11.5 Å². The molecule has 2 amide bonds. The first kappa shape index (κ1) is 22.7. The molecule has 0 fully saturated rings. The van der Waals surface area contributed by atoms with Crippen LogP contribution < -0.4 is 20.3 Å². The van der Waals surface area contributed by atoms with Gasteiger partial charge >= 0.3 is 0 Å². The van der Waals surface area contributed by atoms with Crippen molar-refractivity contribution in [1.82, 2.24) is 10.9 Å². The lowest BCUT2D eigenvalue weighted by Crippen LogP contribution is -2.48. The highest BCUT2D eigenvalue weighted by atomic mass is 79.9. The third-order valence-electron chi connectivity index (χ3n) is 4.31. The molecule has 0 saturated heterocycles. The zero-order valence-corrected chi connectivity index (χ0v) is 18.9.